The Morgan fingerprint density at radius 2 is 1.67 bits per heavy atom. The number of halogens is 2. The summed E-state index contributed by atoms with van der Waals surface area (Å²) >= 11 is 12.0. The number of rotatable bonds is 5. The lowest BCUT2D eigenvalue weighted by Gasteiger charge is -2.09. The third kappa shape index (κ3) is 4.36. The number of para-hydroxylation sites is 1. The molecular formula is C27H19Cl2N3O. The smallest absolute Gasteiger partial charge is 0.272 e. The molecule has 33 heavy (non-hydrogen) atoms. The Morgan fingerprint density at radius 1 is 0.909 bits per heavy atom. The Bertz CT molecular complexity index is 1520. The van der Waals surface area contributed by atoms with Gasteiger partial charge in [-0.1, -0.05) is 83.9 Å². The van der Waals surface area contributed by atoms with Gasteiger partial charge in [0.2, 0.25) is 0 Å². The zero-order chi connectivity index (χ0) is 22.8. The fraction of sp³-hybridized carbons (Fsp3) is 0.0370. The molecule has 0 bridgehead atoms. The Kier molecular flexibility index (Phi) is 5.86. The molecule has 1 amide bonds. The van der Waals surface area contributed by atoms with Crippen LogP contribution >= 0.6 is 23.2 Å². The van der Waals surface area contributed by atoms with Crippen LogP contribution in [0.5, 0.6) is 0 Å². The quantitative estimate of drug-likeness (QED) is 0.219. The summed E-state index contributed by atoms with van der Waals surface area (Å²) in [6.45, 7) is 0.725. The molecule has 0 atom stereocenters. The Labute approximate surface area is 201 Å². The number of hydrogen-bond donors (Lipinski definition) is 1. The van der Waals surface area contributed by atoms with E-state index in [0.717, 1.165) is 23.0 Å². The molecule has 0 unspecified atom stereocenters. The number of hydrazone groups is 1. The second kappa shape index (κ2) is 9.10. The minimum atomic E-state index is -0.396. The maximum Gasteiger partial charge on any atom is 0.272 e. The largest absolute Gasteiger partial charge is 0.342 e. The maximum absolute atomic E-state index is 12.4. The van der Waals surface area contributed by atoms with E-state index in [4.69, 9.17) is 23.2 Å². The molecule has 0 saturated heterocycles. The number of aromatic nitrogens is 1. The van der Waals surface area contributed by atoms with Crippen molar-refractivity contribution >= 4 is 57.0 Å². The summed E-state index contributed by atoms with van der Waals surface area (Å²) in [5.74, 6) is -0.396. The van der Waals surface area contributed by atoms with Crippen LogP contribution in [0.4, 0.5) is 0 Å². The molecular weight excluding hydrogens is 453 g/mol. The van der Waals surface area contributed by atoms with E-state index in [2.05, 4.69) is 69.8 Å². The van der Waals surface area contributed by atoms with Gasteiger partial charge in [-0.05, 0) is 40.6 Å². The summed E-state index contributed by atoms with van der Waals surface area (Å²) in [5, 5.41) is 8.43. The fourth-order valence-electron chi connectivity index (χ4n) is 4.02. The number of hydrogen-bond acceptors (Lipinski definition) is 2. The monoisotopic (exact) mass is 471 g/mol. The van der Waals surface area contributed by atoms with Gasteiger partial charge in [-0.25, -0.2) is 5.43 Å². The third-order valence-corrected chi connectivity index (χ3v) is 6.13. The van der Waals surface area contributed by atoms with Crippen LogP contribution in [0.3, 0.4) is 0 Å². The minimum absolute atomic E-state index is 0.280. The van der Waals surface area contributed by atoms with Crippen molar-refractivity contribution in [1.82, 2.24) is 9.99 Å². The molecule has 4 nitrogen and oxygen atoms in total. The summed E-state index contributed by atoms with van der Waals surface area (Å²) < 4.78 is 2.20. The predicted molar refractivity (Wildman–Crippen MR) is 137 cm³/mol. The van der Waals surface area contributed by atoms with Gasteiger partial charge in [-0.2, -0.15) is 5.10 Å². The fourth-order valence-corrected chi connectivity index (χ4v) is 4.51. The lowest BCUT2D eigenvalue weighted by molar-refractivity contribution is 0.0955. The predicted octanol–water partition coefficient (Wildman–Crippen LogP) is 6.91. The molecule has 5 rings (SSSR count). The molecule has 0 fully saturated rings. The molecule has 0 radical (unpaired) electrons. The van der Waals surface area contributed by atoms with Gasteiger partial charge < -0.3 is 4.57 Å². The van der Waals surface area contributed by atoms with Gasteiger partial charge in [0.1, 0.15) is 0 Å². The van der Waals surface area contributed by atoms with Gasteiger partial charge in [-0.15, -0.1) is 0 Å². The molecule has 0 aliphatic heterocycles. The van der Waals surface area contributed by atoms with Crippen LogP contribution in [0.15, 0.2) is 96.2 Å². The highest BCUT2D eigenvalue weighted by atomic mass is 35.5. The zero-order valence-electron chi connectivity index (χ0n) is 17.5. The van der Waals surface area contributed by atoms with Gasteiger partial charge in [0.05, 0.1) is 16.8 Å². The lowest BCUT2D eigenvalue weighted by atomic mass is 10.0. The summed E-state index contributed by atoms with van der Waals surface area (Å²) in [6.07, 6.45) is 3.71. The Hall–Kier alpha value is -3.60. The van der Waals surface area contributed by atoms with E-state index >= 15 is 0 Å². The van der Waals surface area contributed by atoms with E-state index in [-0.39, 0.29) is 5.02 Å². The number of nitrogens with one attached hydrogen (secondary N) is 1. The summed E-state index contributed by atoms with van der Waals surface area (Å²) in [4.78, 5) is 12.4. The standard InChI is InChI=1S/C27H19Cl2N3O/c28-21-12-13-24(25(29)14-21)27(33)31-30-15-20-17-32(26-11-4-3-10-23(20)26)16-19-8-5-7-18-6-1-2-9-22(18)19/h1-15,17H,16H2,(H,31,33)/b30-15-. The first-order chi connectivity index (χ1) is 16.1. The van der Waals surface area contributed by atoms with Crippen LogP contribution in [0.2, 0.25) is 10.0 Å². The third-order valence-electron chi connectivity index (χ3n) is 5.59. The van der Waals surface area contributed by atoms with Gasteiger partial charge in [0, 0.05) is 34.2 Å². The van der Waals surface area contributed by atoms with Crippen molar-refractivity contribution in [1.29, 1.82) is 0 Å². The van der Waals surface area contributed by atoms with E-state index in [9.17, 15) is 4.79 Å². The van der Waals surface area contributed by atoms with Gasteiger partial charge >= 0.3 is 0 Å². The van der Waals surface area contributed by atoms with Crippen LogP contribution in [0, 0.1) is 0 Å². The van der Waals surface area contributed by atoms with Crippen LogP contribution in [0.1, 0.15) is 21.5 Å². The average Bonchev–Trinajstić information content (AvgIpc) is 3.17. The molecule has 1 N–H and O–H groups in total. The lowest BCUT2D eigenvalue weighted by Crippen LogP contribution is -2.18. The first kappa shape index (κ1) is 21.3. The molecule has 0 aliphatic rings. The van der Waals surface area contributed by atoms with Crippen molar-refractivity contribution in [3.8, 4) is 0 Å². The van der Waals surface area contributed by atoms with Crippen molar-refractivity contribution in [2.24, 2.45) is 5.10 Å². The highest BCUT2D eigenvalue weighted by molar-refractivity contribution is 6.36. The SMILES string of the molecule is O=C(N/N=C\c1cn(Cc2cccc3ccccc23)c2ccccc12)c1ccc(Cl)cc1Cl. The highest BCUT2D eigenvalue weighted by Gasteiger charge is 2.11. The molecule has 1 heterocycles. The van der Waals surface area contributed by atoms with E-state index in [1.807, 2.05) is 18.2 Å². The van der Waals surface area contributed by atoms with Crippen LogP contribution in [-0.2, 0) is 6.54 Å². The molecule has 0 saturated carbocycles. The second-order valence-corrected chi connectivity index (χ2v) is 8.53. The molecule has 162 valence electrons. The molecule has 5 aromatic rings. The summed E-state index contributed by atoms with van der Waals surface area (Å²) in [6, 6.07) is 27.6. The van der Waals surface area contributed by atoms with E-state index < -0.39 is 5.91 Å². The van der Waals surface area contributed by atoms with Gasteiger partial charge in [0.15, 0.2) is 0 Å². The molecule has 1 aromatic heterocycles. The molecule has 0 spiro atoms. The second-order valence-electron chi connectivity index (χ2n) is 7.69. The number of benzene rings is 4. The molecule has 4 aromatic carbocycles. The first-order valence-corrected chi connectivity index (χ1v) is 11.2. The van der Waals surface area contributed by atoms with Crippen molar-refractivity contribution in [3.05, 3.63) is 118 Å². The van der Waals surface area contributed by atoms with Gasteiger partial charge in [-0.3, -0.25) is 4.79 Å². The number of carbonyl (C=O) groups excluding carboxylic acids is 1. The topological polar surface area (TPSA) is 46.4 Å². The highest BCUT2D eigenvalue weighted by Crippen LogP contribution is 2.25. The molecule has 0 aliphatic carbocycles. The van der Waals surface area contributed by atoms with E-state index in [0.29, 0.717) is 10.6 Å². The van der Waals surface area contributed by atoms with Crippen molar-refractivity contribution in [2.45, 2.75) is 6.54 Å². The van der Waals surface area contributed by atoms with E-state index in [1.54, 1.807) is 18.3 Å². The number of amides is 1. The van der Waals surface area contributed by atoms with Crippen LogP contribution in [-0.4, -0.2) is 16.7 Å². The Balaban J connectivity index is 1.43. The molecule has 6 heteroatoms. The summed E-state index contributed by atoms with van der Waals surface area (Å²) in [7, 11) is 0. The van der Waals surface area contributed by atoms with Crippen molar-refractivity contribution < 1.29 is 4.79 Å². The summed E-state index contributed by atoms with van der Waals surface area (Å²) in [5.41, 5.74) is 6.11. The average molecular weight is 472 g/mol. The van der Waals surface area contributed by atoms with Crippen LogP contribution < -0.4 is 5.43 Å². The maximum atomic E-state index is 12.4. The van der Waals surface area contributed by atoms with Crippen molar-refractivity contribution in [3.63, 3.8) is 0 Å². The minimum Gasteiger partial charge on any atom is -0.342 e. The first-order valence-electron chi connectivity index (χ1n) is 10.4. The number of carbonyl (C=O) groups is 1. The van der Waals surface area contributed by atoms with E-state index in [1.165, 1.54) is 22.4 Å². The van der Waals surface area contributed by atoms with Crippen molar-refractivity contribution in [2.75, 3.05) is 0 Å². The van der Waals surface area contributed by atoms with Crippen LogP contribution in [0.25, 0.3) is 21.7 Å². The number of nitrogens with zero attached hydrogens (tertiary/aromatic N) is 2. The normalized spacial score (nSPS) is 11.5. The van der Waals surface area contributed by atoms with Gasteiger partial charge in [0.25, 0.3) is 5.91 Å². The zero-order valence-corrected chi connectivity index (χ0v) is 19.0. The Morgan fingerprint density at radius 3 is 2.52 bits per heavy atom. The number of fused-ring (bicyclic) bond motifs is 2.